The van der Waals surface area contributed by atoms with Crippen molar-refractivity contribution in [3.63, 3.8) is 0 Å². The average molecular weight is 281 g/mol. The molecule has 21 heavy (non-hydrogen) atoms. The fourth-order valence-electron chi connectivity index (χ4n) is 2.35. The molecule has 0 aliphatic carbocycles. The maximum atomic E-state index is 9.23. The van der Waals surface area contributed by atoms with E-state index in [1.54, 1.807) is 12.1 Å². The molecule has 0 saturated carbocycles. The van der Waals surface area contributed by atoms with Gasteiger partial charge in [-0.05, 0) is 42.8 Å². The lowest BCUT2D eigenvalue weighted by Gasteiger charge is -2.04. The number of hydrogen-bond acceptors (Lipinski definition) is 3. The van der Waals surface area contributed by atoms with Gasteiger partial charge >= 0.3 is 0 Å². The molecule has 0 aliphatic heterocycles. The molecule has 2 aromatic carbocycles. The van der Waals surface area contributed by atoms with Crippen molar-refractivity contribution in [3.05, 3.63) is 59.9 Å². The van der Waals surface area contributed by atoms with Crippen LogP contribution in [0.5, 0.6) is 5.75 Å². The van der Waals surface area contributed by atoms with E-state index in [4.69, 9.17) is 0 Å². The summed E-state index contributed by atoms with van der Waals surface area (Å²) in [4.78, 5) is 7.89. The molecule has 0 unspecified atom stereocenters. The van der Waals surface area contributed by atoms with Gasteiger partial charge in [-0.3, -0.25) is 0 Å². The molecular formula is C17H19N3O. The topological polar surface area (TPSA) is 60.9 Å². The number of hydrogen-bond donors (Lipinski definition) is 3. The summed E-state index contributed by atoms with van der Waals surface area (Å²) >= 11 is 0. The minimum Gasteiger partial charge on any atom is -0.508 e. The third-order valence-electron chi connectivity index (χ3n) is 3.50. The normalized spacial score (nSPS) is 11.0. The van der Waals surface area contributed by atoms with Gasteiger partial charge in [-0.1, -0.05) is 24.3 Å². The summed E-state index contributed by atoms with van der Waals surface area (Å²) in [6.07, 6.45) is 1.85. The van der Waals surface area contributed by atoms with Crippen LogP contribution in [0.3, 0.4) is 0 Å². The molecule has 0 bridgehead atoms. The average Bonchev–Trinajstić information content (AvgIpc) is 2.91. The predicted octanol–water partition coefficient (Wildman–Crippen LogP) is 2.64. The Morgan fingerprint density at radius 1 is 0.952 bits per heavy atom. The number of nitrogens with zero attached hydrogens (tertiary/aromatic N) is 1. The Labute approximate surface area is 123 Å². The first-order valence-corrected chi connectivity index (χ1v) is 7.23. The van der Waals surface area contributed by atoms with E-state index in [9.17, 15) is 5.11 Å². The quantitative estimate of drug-likeness (QED) is 0.609. The summed E-state index contributed by atoms with van der Waals surface area (Å²) in [5, 5.41) is 12.6. The zero-order valence-corrected chi connectivity index (χ0v) is 11.8. The molecule has 3 N–H and O–H groups in total. The van der Waals surface area contributed by atoms with Crippen LogP contribution < -0.4 is 5.32 Å². The fraction of sp³-hybridized carbons (Fsp3) is 0.235. The van der Waals surface area contributed by atoms with Crippen LogP contribution in [0, 0.1) is 0 Å². The van der Waals surface area contributed by atoms with E-state index < -0.39 is 0 Å². The monoisotopic (exact) mass is 281 g/mol. The van der Waals surface area contributed by atoms with Gasteiger partial charge < -0.3 is 15.4 Å². The Morgan fingerprint density at radius 2 is 1.71 bits per heavy atom. The van der Waals surface area contributed by atoms with E-state index in [1.165, 1.54) is 5.56 Å². The van der Waals surface area contributed by atoms with Crippen molar-refractivity contribution >= 4 is 11.0 Å². The summed E-state index contributed by atoms with van der Waals surface area (Å²) in [5.74, 6) is 1.34. The van der Waals surface area contributed by atoms with Gasteiger partial charge in [0.05, 0.1) is 11.0 Å². The van der Waals surface area contributed by atoms with Gasteiger partial charge in [0.1, 0.15) is 11.6 Å². The van der Waals surface area contributed by atoms with Crippen molar-refractivity contribution in [1.82, 2.24) is 15.3 Å². The molecule has 0 amide bonds. The number of rotatable bonds is 6. The highest BCUT2D eigenvalue weighted by molar-refractivity contribution is 5.74. The number of aromatic hydroxyl groups is 1. The van der Waals surface area contributed by atoms with E-state index in [1.807, 2.05) is 36.4 Å². The van der Waals surface area contributed by atoms with Gasteiger partial charge in [-0.2, -0.15) is 0 Å². The number of phenols is 1. The Hall–Kier alpha value is -2.33. The first kappa shape index (κ1) is 13.6. The third kappa shape index (κ3) is 3.61. The number of aromatic amines is 1. The second kappa shape index (κ2) is 6.41. The zero-order valence-electron chi connectivity index (χ0n) is 11.8. The molecule has 0 aliphatic rings. The molecular weight excluding hydrogens is 262 g/mol. The maximum absolute atomic E-state index is 9.23. The van der Waals surface area contributed by atoms with Gasteiger partial charge in [0.25, 0.3) is 0 Å². The Morgan fingerprint density at radius 3 is 2.52 bits per heavy atom. The molecule has 4 nitrogen and oxygen atoms in total. The summed E-state index contributed by atoms with van der Waals surface area (Å²) in [5.41, 5.74) is 3.34. The second-order valence-electron chi connectivity index (χ2n) is 5.12. The number of phenolic OH excluding ortho intramolecular Hbond substituents is 1. The largest absolute Gasteiger partial charge is 0.508 e. The van der Waals surface area contributed by atoms with Gasteiger partial charge in [-0.25, -0.2) is 4.98 Å². The number of benzene rings is 2. The van der Waals surface area contributed by atoms with Gasteiger partial charge in [0.15, 0.2) is 0 Å². The Bertz CT molecular complexity index is 670. The molecule has 3 aromatic rings. The van der Waals surface area contributed by atoms with E-state index in [-0.39, 0.29) is 0 Å². The summed E-state index contributed by atoms with van der Waals surface area (Å²) in [6.45, 7) is 1.82. The van der Waals surface area contributed by atoms with Crippen LogP contribution in [0.15, 0.2) is 48.5 Å². The lowest BCUT2D eigenvalue weighted by Crippen LogP contribution is -2.20. The number of aromatic nitrogens is 2. The number of fused-ring (bicyclic) bond motifs is 1. The molecule has 1 aromatic heterocycles. The standard InChI is InChI=1S/C17H19N3O/c21-14-7-5-13(6-8-14)9-11-18-12-10-17-19-15-3-1-2-4-16(15)20-17/h1-8,18,21H,9-12H2,(H,19,20). The van der Waals surface area contributed by atoms with E-state index in [2.05, 4.69) is 15.3 Å². The van der Waals surface area contributed by atoms with Crippen LogP contribution in [0.1, 0.15) is 11.4 Å². The summed E-state index contributed by atoms with van der Waals surface area (Å²) < 4.78 is 0. The van der Waals surface area contributed by atoms with E-state index >= 15 is 0 Å². The van der Waals surface area contributed by atoms with Gasteiger partial charge in [-0.15, -0.1) is 0 Å². The molecule has 0 saturated heterocycles. The number of para-hydroxylation sites is 2. The van der Waals surface area contributed by atoms with E-state index in [0.29, 0.717) is 5.75 Å². The van der Waals surface area contributed by atoms with Gasteiger partial charge in [0, 0.05) is 13.0 Å². The van der Waals surface area contributed by atoms with Crippen molar-refractivity contribution < 1.29 is 5.11 Å². The predicted molar refractivity (Wildman–Crippen MR) is 84.5 cm³/mol. The molecule has 1 heterocycles. The number of nitrogens with one attached hydrogen (secondary N) is 2. The van der Waals surface area contributed by atoms with Crippen molar-refractivity contribution in [1.29, 1.82) is 0 Å². The van der Waals surface area contributed by atoms with Crippen molar-refractivity contribution in [2.24, 2.45) is 0 Å². The van der Waals surface area contributed by atoms with Gasteiger partial charge in [0.2, 0.25) is 0 Å². The highest BCUT2D eigenvalue weighted by atomic mass is 16.3. The highest BCUT2D eigenvalue weighted by Crippen LogP contribution is 2.11. The van der Waals surface area contributed by atoms with Crippen molar-refractivity contribution in [3.8, 4) is 5.75 Å². The molecule has 108 valence electrons. The van der Waals surface area contributed by atoms with Crippen molar-refractivity contribution in [2.45, 2.75) is 12.8 Å². The minimum atomic E-state index is 0.316. The van der Waals surface area contributed by atoms with Crippen molar-refractivity contribution in [2.75, 3.05) is 13.1 Å². The summed E-state index contributed by atoms with van der Waals surface area (Å²) in [7, 11) is 0. The molecule has 0 atom stereocenters. The lowest BCUT2D eigenvalue weighted by molar-refractivity contribution is 0.475. The lowest BCUT2D eigenvalue weighted by atomic mass is 10.1. The molecule has 0 spiro atoms. The smallest absolute Gasteiger partial charge is 0.115 e. The first-order chi connectivity index (χ1) is 10.3. The van der Waals surface area contributed by atoms with Crippen LogP contribution in [0.4, 0.5) is 0 Å². The van der Waals surface area contributed by atoms with Crippen LogP contribution >= 0.6 is 0 Å². The molecule has 3 rings (SSSR count). The minimum absolute atomic E-state index is 0.316. The maximum Gasteiger partial charge on any atom is 0.115 e. The zero-order chi connectivity index (χ0) is 14.5. The second-order valence-corrected chi connectivity index (χ2v) is 5.12. The Balaban J connectivity index is 1.42. The highest BCUT2D eigenvalue weighted by Gasteiger charge is 2.01. The summed E-state index contributed by atoms with van der Waals surface area (Å²) in [6, 6.07) is 15.4. The number of imidazole rings is 1. The Kier molecular flexibility index (Phi) is 4.17. The molecule has 4 heteroatoms. The van der Waals surface area contributed by atoms with Crippen LogP contribution in [0.25, 0.3) is 11.0 Å². The third-order valence-corrected chi connectivity index (χ3v) is 3.50. The van der Waals surface area contributed by atoms with Crippen LogP contribution in [-0.2, 0) is 12.8 Å². The van der Waals surface area contributed by atoms with E-state index in [0.717, 1.165) is 42.8 Å². The SMILES string of the molecule is Oc1ccc(CCNCCc2nc3ccccc3[nH]2)cc1. The number of H-pyrrole nitrogens is 1. The molecule has 0 fully saturated rings. The first-order valence-electron chi connectivity index (χ1n) is 7.23. The van der Waals surface area contributed by atoms with Crippen LogP contribution in [-0.4, -0.2) is 28.2 Å². The van der Waals surface area contributed by atoms with Crippen LogP contribution in [0.2, 0.25) is 0 Å². The fourth-order valence-corrected chi connectivity index (χ4v) is 2.35. The molecule has 0 radical (unpaired) electrons.